The molecule has 2 aromatic rings. The van der Waals surface area contributed by atoms with Gasteiger partial charge in [0, 0.05) is 18.7 Å². The second kappa shape index (κ2) is 6.37. The van der Waals surface area contributed by atoms with Crippen molar-refractivity contribution in [3.63, 3.8) is 0 Å². The van der Waals surface area contributed by atoms with E-state index in [0.29, 0.717) is 18.6 Å². The Morgan fingerprint density at radius 1 is 1.39 bits per heavy atom. The number of aromatic nitrogens is 2. The Bertz CT molecular complexity index is 747. The zero-order valence-corrected chi connectivity index (χ0v) is 13.3. The summed E-state index contributed by atoms with van der Waals surface area (Å²) in [5, 5.41) is 0. The zero-order valence-electron chi connectivity index (χ0n) is 13.3. The van der Waals surface area contributed by atoms with Gasteiger partial charge in [0.2, 0.25) is 0 Å². The summed E-state index contributed by atoms with van der Waals surface area (Å²) in [4.78, 5) is 28.4. The van der Waals surface area contributed by atoms with Gasteiger partial charge in [-0.25, -0.2) is 4.98 Å². The topological polar surface area (TPSA) is 85.3 Å². The van der Waals surface area contributed by atoms with Gasteiger partial charge in [0.15, 0.2) is 0 Å². The van der Waals surface area contributed by atoms with Gasteiger partial charge in [0.05, 0.1) is 11.0 Å². The van der Waals surface area contributed by atoms with E-state index in [1.165, 1.54) is 0 Å². The van der Waals surface area contributed by atoms with Crippen LogP contribution in [-0.4, -0.2) is 34.1 Å². The Hall–Kier alpha value is -2.41. The fourth-order valence-corrected chi connectivity index (χ4v) is 2.85. The molecule has 23 heavy (non-hydrogen) atoms. The number of nitrogens with zero attached hydrogens (tertiary/aromatic N) is 2. The van der Waals surface area contributed by atoms with Crippen molar-refractivity contribution in [1.82, 2.24) is 20.4 Å². The van der Waals surface area contributed by atoms with Crippen LogP contribution in [0.5, 0.6) is 0 Å². The molecule has 0 radical (unpaired) electrons. The van der Waals surface area contributed by atoms with E-state index in [-0.39, 0.29) is 11.8 Å². The molecule has 0 unspecified atom stereocenters. The van der Waals surface area contributed by atoms with Crippen molar-refractivity contribution in [1.29, 1.82) is 0 Å². The molecule has 3 rings (SSSR count). The predicted octanol–water partition coefficient (Wildman–Crippen LogP) is 1.30. The van der Waals surface area contributed by atoms with Crippen LogP contribution in [0.15, 0.2) is 18.2 Å². The number of carbonyl (C=O) groups excluding carboxylic acids is 2. The summed E-state index contributed by atoms with van der Waals surface area (Å²) >= 11 is 0. The second-order valence-electron chi connectivity index (χ2n) is 5.55. The summed E-state index contributed by atoms with van der Waals surface area (Å²) in [6.45, 7) is 5.40. The zero-order chi connectivity index (χ0) is 16.4. The van der Waals surface area contributed by atoms with E-state index in [1.54, 1.807) is 12.1 Å². The smallest absolute Gasteiger partial charge is 0.269 e. The van der Waals surface area contributed by atoms with Crippen molar-refractivity contribution in [3.05, 3.63) is 29.6 Å². The van der Waals surface area contributed by atoms with Crippen molar-refractivity contribution in [2.45, 2.75) is 39.3 Å². The molecule has 1 saturated heterocycles. The quantitative estimate of drug-likeness (QED) is 0.836. The summed E-state index contributed by atoms with van der Waals surface area (Å²) in [6, 6.07) is 5.32. The van der Waals surface area contributed by atoms with Crippen molar-refractivity contribution < 1.29 is 14.3 Å². The van der Waals surface area contributed by atoms with Crippen LogP contribution in [0, 0.1) is 6.92 Å². The molecule has 2 heterocycles. The molecule has 1 fully saturated rings. The average Bonchev–Trinajstić information content (AvgIpc) is 3.18. The molecule has 7 nitrogen and oxygen atoms in total. The molecule has 122 valence electrons. The van der Waals surface area contributed by atoms with Gasteiger partial charge in [-0.2, -0.15) is 0 Å². The number of ether oxygens (including phenoxy) is 1. The third-order valence-electron chi connectivity index (χ3n) is 4.04. The van der Waals surface area contributed by atoms with Crippen LogP contribution in [0.2, 0.25) is 0 Å². The molecule has 1 aliphatic heterocycles. The number of rotatable bonds is 3. The normalized spacial score (nSPS) is 17.4. The van der Waals surface area contributed by atoms with Gasteiger partial charge in [-0.05, 0) is 44.9 Å². The lowest BCUT2D eigenvalue weighted by Crippen LogP contribution is -2.46. The first kappa shape index (κ1) is 15.5. The fraction of sp³-hybridized carbons (Fsp3) is 0.438. The van der Waals surface area contributed by atoms with Crippen LogP contribution in [0.4, 0.5) is 0 Å². The molecule has 1 atom stereocenters. The third kappa shape index (κ3) is 3.05. The van der Waals surface area contributed by atoms with Crippen molar-refractivity contribution in [3.8, 4) is 0 Å². The molecule has 0 saturated carbocycles. The van der Waals surface area contributed by atoms with E-state index in [0.717, 1.165) is 29.8 Å². The highest BCUT2D eigenvalue weighted by atomic mass is 16.5. The van der Waals surface area contributed by atoms with E-state index in [9.17, 15) is 9.59 Å². The number of hydrogen-bond donors (Lipinski definition) is 2. The van der Waals surface area contributed by atoms with Crippen molar-refractivity contribution >= 4 is 22.8 Å². The maximum atomic E-state index is 12.2. The number of hydrazine groups is 1. The number of imidazole rings is 1. The van der Waals surface area contributed by atoms with E-state index < -0.39 is 6.10 Å². The lowest BCUT2D eigenvalue weighted by Gasteiger charge is -2.11. The third-order valence-corrected chi connectivity index (χ3v) is 4.04. The number of amides is 2. The van der Waals surface area contributed by atoms with Crippen LogP contribution < -0.4 is 10.9 Å². The Labute approximate surface area is 134 Å². The summed E-state index contributed by atoms with van der Waals surface area (Å²) in [5.41, 5.74) is 7.04. The van der Waals surface area contributed by atoms with Gasteiger partial charge >= 0.3 is 0 Å². The molecule has 1 aliphatic rings. The first-order chi connectivity index (χ1) is 11.1. The van der Waals surface area contributed by atoms with E-state index in [1.807, 2.05) is 13.0 Å². The molecule has 0 bridgehead atoms. The van der Waals surface area contributed by atoms with Crippen LogP contribution >= 0.6 is 0 Å². The first-order valence-electron chi connectivity index (χ1n) is 7.79. The molecule has 2 N–H and O–H groups in total. The molecule has 1 aromatic heterocycles. The molecule has 0 spiro atoms. The minimum absolute atomic E-state index is 0.317. The molecule has 0 aliphatic carbocycles. The van der Waals surface area contributed by atoms with Gasteiger partial charge in [-0.1, -0.05) is 0 Å². The highest BCUT2D eigenvalue weighted by molar-refractivity contribution is 5.98. The van der Waals surface area contributed by atoms with Crippen molar-refractivity contribution in [2.24, 2.45) is 0 Å². The Morgan fingerprint density at radius 3 is 2.91 bits per heavy atom. The van der Waals surface area contributed by atoms with Crippen molar-refractivity contribution in [2.75, 3.05) is 6.61 Å². The van der Waals surface area contributed by atoms with Gasteiger partial charge in [-0.15, -0.1) is 0 Å². The van der Waals surface area contributed by atoms with Crippen LogP contribution in [0.1, 0.15) is 35.9 Å². The number of benzene rings is 1. The number of aryl methyl sites for hydroxylation is 2. The molecular weight excluding hydrogens is 296 g/mol. The predicted molar refractivity (Wildman–Crippen MR) is 84.7 cm³/mol. The highest BCUT2D eigenvalue weighted by Crippen LogP contribution is 2.17. The number of hydrogen-bond acceptors (Lipinski definition) is 4. The molecule has 7 heteroatoms. The standard InChI is InChI=1S/C16H20N4O3/c1-3-20-10(2)17-12-9-11(6-7-13(12)20)15(21)18-19-16(22)14-5-4-8-23-14/h6-7,9,14H,3-5,8H2,1-2H3,(H,18,21)(H,19,22)/t14-/m1/s1. The summed E-state index contributed by atoms with van der Waals surface area (Å²) in [5.74, 6) is 0.219. The Morgan fingerprint density at radius 2 is 2.22 bits per heavy atom. The largest absolute Gasteiger partial charge is 0.368 e. The minimum Gasteiger partial charge on any atom is -0.368 e. The Balaban J connectivity index is 1.69. The van der Waals surface area contributed by atoms with E-state index in [2.05, 4.69) is 27.3 Å². The lowest BCUT2D eigenvalue weighted by atomic mass is 10.2. The summed E-state index contributed by atoms with van der Waals surface area (Å²) < 4.78 is 7.34. The van der Waals surface area contributed by atoms with E-state index in [4.69, 9.17) is 4.74 Å². The van der Waals surface area contributed by atoms with Gasteiger partial charge in [0.25, 0.3) is 11.8 Å². The fourth-order valence-electron chi connectivity index (χ4n) is 2.85. The number of nitrogens with one attached hydrogen (secondary N) is 2. The average molecular weight is 316 g/mol. The van der Waals surface area contributed by atoms with Gasteiger partial charge in [0.1, 0.15) is 11.9 Å². The SMILES string of the molecule is CCn1c(C)nc2cc(C(=O)NNC(=O)[C@H]3CCCO3)ccc21. The molecule has 1 aromatic carbocycles. The first-order valence-corrected chi connectivity index (χ1v) is 7.79. The minimum atomic E-state index is -0.472. The Kier molecular flexibility index (Phi) is 4.29. The highest BCUT2D eigenvalue weighted by Gasteiger charge is 2.23. The van der Waals surface area contributed by atoms with Gasteiger partial charge < -0.3 is 9.30 Å². The lowest BCUT2D eigenvalue weighted by molar-refractivity contribution is -0.130. The van der Waals surface area contributed by atoms with Crippen LogP contribution in [0.25, 0.3) is 11.0 Å². The summed E-state index contributed by atoms with van der Waals surface area (Å²) in [7, 11) is 0. The molecule has 2 amide bonds. The maximum Gasteiger partial charge on any atom is 0.269 e. The van der Waals surface area contributed by atoms with Gasteiger partial charge in [-0.3, -0.25) is 20.4 Å². The number of carbonyl (C=O) groups is 2. The number of fused-ring (bicyclic) bond motifs is 1. The van der Waals surface area contributed by atoms with Crippen LogP contribution in [-0.2, 0) is 16.1 Å². The molecular formula is C16H20N4O3. The second-order valence-corrected chi connectivity index (χ2v) is 5.55. The maximum absolute atomic E-state index is 12.2. The monoisotopic (exact) mass is 316 g/mol. The summed E-state index contributed by atoms with van der Waals surface area (Å²) in [6.07, 6.45) is 1.07. The van der Waals surface area contributed by atoms with Crippen LogP contribution in [0.3, 0.4) is 0 Å². The van der Waals surface area contributed by atoms with E-state index >= 15 is 0 Å².